The Hall–Kier alpha value is -3.05. The highest BCUT2D eigenvalue weighted by molar-refractivity contribution is 8.44. The molecule has 0 amide bonds. The number of nitrogen functional groups attached to an aromatic ring is 2. The van der Waals surface area contributed by atoms with Crippen molar-refractivity contribution in [1.29, 1.82) is 0 Å². The molecule has 4 aliphatic rings. The maximum absolute atomic E-state index is 13.6. The first-order valence-electron chi connectivity index (χ1n) is 13.4. The third-order valence-corrected chi connectivity index (χ3v) is 10.6. The predicted molar refractivity (Wildman–Crippen MR) is 153 cm³/mol. The fourth-order valence-electron chi connectivity index (χ4n) is 5.97. The Morgan fingerprint density at radius 1 is 1.00 bits per heavy atom. The van der Waals surface area contributed by atoms with Crippen molar-refractivity contribution in [2.24, 2.45) is 0 Å². The summed E-state index contributed by atoms with van der Waals surface area (Å²) in [7, 11) is -5.06. The molecular weight excluding hydrogens is 678 g/mol. The Bertz CT molecular complexity index is 2030. The van der Waals surface area contributed by atoms with E-state index in [0.29, 0.717) is 5.65 Å². The fourth-order valence-corrected chi connectivity index (χ4v) is 8.45. The minimum absolute atomic E-state index is 0.0769. The van der Waals surface area contributed by atoms with Gasteiger partial charge in [-0.1, -0.05) is 12.2 Å². The minimum atomic E-state index is -5.06. The zero-order valence-electron chi connectivity index (χ0n) is 23.0. The third kappa shape index (κ3) is 4.78. The van der Waals surface area contributed by atoms with Crippen LogP contribution in [-0.2, 0) is 41.4 Å². The Balaban J connectivity index is 1.14. The van der Waals surface area contributed by atoms with Crippen LogP contribution in [0.4, 0.5) is 11.8 Å². The summed E-state index contributed by atoms with van der Waals surface area (Å²) in [6.07, 6.45) is -5.49. The summed E-state index contributed by atoms with van der Waals surface area (Å²) in [5.74, 6) is -0.131. The van der Waals surface area contributed by atoms with Crippen LogP contribution in [0.2, 0.25) is 0 Å². The largest absolute Gasteiger partial charge is 0.472 e. The number of nitrogens with two attached hydrogens (primary N) is 2. The number of thiol groups is 1. The molecular formula is C21H24N10O12P2S. The number of phosphoric acid groups is 1. The minimum Gasteiger partial charge on any atom is -0.387 e. The molecule has 4 fully saturated rings. The number of nitrogens with one attached hydrogen (secondary N) is 1. The van der Waals surface area contributed by atoms with Crippen LogP contribution in [0.5, 0.6) is 0 Å². The maximum Gasteiger partial charge on any atom is 0.472 e. The summed E-state index contributed by atoms with van der Waals surface area (Å²) < 4.78 is 70.1. The molecule has 8 heterocycles. The first-order chi connectivity index (χ1) is 21.8. The Kier molecular flexibility index (Phi) is 6.90. The number of imidazole rings is 2. The molecule has 46 heavy (non-hydrogen) atoms. The summed E-state index contributed by atoms with van der Waals surface area (Å²) in [6, 6.07) is 0. The van der Waals surface area contributed by atoms with Crippen molar-refractivity contribution in [2.75, 3.05) is 31.3 Å². The quantitative estimate of drug-likeness (QED) is 0.108. The van der Waals surface area contributed by atoms with Crippen molar-refractivity contribution in [3.63, 3.8) is 0 Å². The summed E-state index contributed by atoms with van der Waals surface area (Å²) in [5, 5.41) is 11.1. The molecule has 0 saturated carbocycles. The standard InChI is InChI=1S/C21H24N10O12P2S/c22-14-8-15(25-4-24-14)30(5-26-8)19-12-13-21(41-19,2-37-12)3-39-44(34,35)42-11-10(32)7(1-38-45(36,46)43-13)40-18(11)31-6-27-9-16(31)28-20(23)29-17(9)33/h4-7,10-13,18-19,32H,1-3H2,(H,34,35)(H,36,46)(H2,22,24,25)(H3,23,28,29,33)/t7-,10-,11-,12-,13+,18-,19-,21-,45+/m1/s1. The number of aromatic amines is 1. The summed E-state index contributed by atoms with van der Waals surface area (Å²) in [6.45, 7) is -5.79. The number of phosphoric ester groups is 1. The monoisotopic (exact) mass is 702 g/mol. The van der Waals surface area contributed by atoms with Crippen LogP contribution in [0.15, 0.2) is 23.8 Å². The van der Waals surface area contributed by atoms with Gasteiger partial charge in [-0.05, 0) is 0 Å². The van der Waals surface area contributed by atoms with Gasteiger partial charge in [0.25, 0.3) is 5.56 Å². The Morgan fingerprint density at radius 2 is 1.76 bits per heavy atom. The van der Waals surface area contributed by atoms with Gasteiger partial charge in [0, 0.05) is 0 Å². The average Bonchev–Trinajstić information content (AvgIpc) is 3.80. The number of hydrogen-bond donors (Lipinski definition) is 6. The molecule has 4 saturated heterocycles. The number of aliphatic hydroxyl groups excluding tert-OH is 1. The van der Waals surface area contributed by atoms with Gasteiger partial charge in [0.15, 0.2) is 35.1 Å². The number of hydrogen-bond acceptors (Lipinski definition) is 18. The van der Waals surface area contributed by atoms with E-state index in [0.717, 1.165) is 6.33 Å². The molecule has 4 bridgehead atoms. The molecule has 8 rings (SSSR count). The van der Waals surface area contributed by atoms with Crippen LogP contribution in [0.1, 0.15) is 12.5 Å². The molecule has 0 aliphatic carbocycles. The molecule has 0 aromatic carbocycles. The van der Waals surface area contributed by atoms with E-state index in [1.165, 1.54) is 21.8 Å². The SMILES string of the molecule is Nc1nc2c(ncn2[C@@H]2O[C@@H]3CO[P@](=O)(S)O[C@H]4[C@H]5OC[C@]4(COP(=O)(O)O[C@@H]2[C@@H]3O)O[C@H]5n2cnc3c(N)ncnc32)c(=O)[nH]1. The van der Waals surface area contributed by atoms with E-state index in [9.17, 15) is 23.9 Å². The van der Waals surface area contributed by atoms with Crippen molar-refractivity contribution < 1.29 is 51.4 Å². The van der Waals surface area contributed by atoms with Gasteiger partial charge in [-0.25, -0.2) is 29.1 Å². The van der Waals surface area contributed by atoms with Gasteiger partial charge < -0.3 is 35.7 Å². The second-order valence-corrected chi connectivity index (χ2v) is 15.1. The molecule has 4 aromatic rings. The molecule has 7 N–H and O–H groups in total. The van der Waals surface area contributed by atoms with Crippen molar-refractivity contribution in [2.45, 2.75) is 48.6 Å². The molecule has 0 spiro atoms. The highest BCUT2D eigenvalue weighted by Gasteiger charge is 2.66. The second kappa shape index (κ2) is 10.5. The van der Waals surface area contributed by atoms with E-state index in [1.807, 2.05) is 0 Å². The number of ether oxygens (including phenoxy) is 3. The maximum atomic E-state index is 13.6. The van der Waals surface area contributed by atoms with E-state index in [-0.39, 0.29) is 35.1 Å². The Morgan fingerprint density at radius 3 is 2.57 bits per heavy atom. The van der Waals surface area contributed by atoms with E-state index < -0.39 is 82.0 Å². The number of fused-ring (bicyclic) bond motifs is 4. The molecule has 246 valence electrons. The zero-order valence-corrected chi connectivity index (χ0v) is 25.7. The van der Waals surface area contributed by atoms with E-state index in [1.54, 1.807) is 0 Å². The number of rotatable bonds is 2. The van der Waals surface area contributed by atoms with Crippen molar-refractivity contribution >= 4 is 61.0 Å². The van der Waals surface area contributed by atoms with Crippen molar-refractivity contribution in [3.8, 4) is 0 Å². The second-order valence-electron chi connectivity index (χ2n) is 10.9. The van der Waals surface area contributed by atoms with Gasteiger partial charge in [-0.2, -0.15) is 4.98 Å². The smallest absolute Gasteiger partial charge is 0.387 e. The fraction of sp³-hybridized carbons (Fsp3) is 0.524. The lowest BCUT2D eigenvalue weighted by Gasteiger charge is -2.32. The van der Waals surface area contributed by atoms with Crippen LogP contribution in [0.3, 0.4) is 0 Å². The van der Waals surface area contributed by atoms with Crippen LogP contribution >= 0.6 is 26.9 Å². The highest BCUT2D eigenvalue weighted by atomic mass is 32.7. The van der Waals surface area contributed by atoms with Crippen molar-refractivity contribution in [3.05, 3.63) is 29.3 Å². The van der Waals surface area contributed by atoms with E-state index in [2.05, 4.69) is 42.2 Å². The molecule has 22 nitrogen and oxygen atoms in total. The van der Waals surface area contributed by atoms with Gasteiger partial charge >= 0.3 is 14.6 Å². The molecule has 4 aliphatic heterocycles. The first kappa shape index (κ1) is 30.3. The number of nitrogens with zero attached hydrogens (tertiary/aromatic N) is 7. The Labute approximate surface area is 260 Å². The van der Waals surface area contributed by atoms with Gasteiger partial charge in [0.2, 0.25) is 5.95 Å². The number of anilines is 2. The normalized spacial score (nSPS) is 39.7. The molecule has 0 radical (unpaired) electrons. The lowest BCUT2D eigenvalue weighted by molar-refractivity contribution is -0.184. The summed E-state index contributed by atoms with van der Waals surface area (Å²) >= 11 is 4.13. The lowest BCUT2D eigenvalue weighted by Crippen LogP contribution is -2.45. The molecule has 4 aromatic heterocycles. The van der Waals surface area contributed by atoms with Gasteiger partial charge in [0.05, 0.1) is 32.5 Å². The van der Waals surface area contributed by atoms with Gasteiger partial charge in [-0.3, -0.25) is 37.0 Å². The van der Waals surface area contributed by atoms with Crippen LogP contribution in [0, 0.1) is 0 Å². The van der Waals surface area contributed by atoms with Crippen molar-refractivity contribution in [1.82, 2.24) is 39.0 Å². The molecule has 10 atom stereocenters. The topological polar surface area (TPSA) is 298 Å². The molecule has 25 heteroatoms. The van der Waals surface area contributed by atoms with E-state index in [4.69, 9.17) is 43.8 Å². The predicted octanol–water partition coefficient (Wildman–Crippen LogP) is -0.996. The van der Waals surface area contributed by atoms with Gasteiger partial charge in [0.1, 0.15) is 48.0 Å². The van der Waals surface area contributed by atoms with E-state index >= 15 is 0 Å². The number of H-pyrrole nitrogens is 1. The molecule has 1 unspecified atom stereocenters. The zero-order chi connectivity index (χ0) is 32.2. The summed E-state index contributed by atoms with van der Waals surface area (Å²) in [4.78, 5) is 46.0. The van der Waals surface area contributed by atoms with Gasteiger partial charge in [-0.15, -0.1) is 0 Å². The first-order valence-corrected chi connectivity index (χ1v) is 17.6. The lowest BCUT2D eigenvalue weighted by atomic mass is 10.0. The van der Waals surface area contributed by atoms with Crippen LogP contribution in [-0.4, -0.2) is 105 Å². The van der Waals surface area contributed by atoms with Crippen LogP contribution < -0.4 is 17.0 Å². The van der Waals surface area contributed by atoms with Crippen LogP contribution in [0.25, 0.3) is 22.3 Å². The number of aliphatic hydroxyl groups is 1. The summed E-state index contributed by atoms with van der Waals surface area (Å²) in [5.41, 5.74) is 9.68. The average molecular weight is 702 g/mol. The highest BCUT2D eigenvalue weighted by Crippen LogP contribution is 2.61. The number of aromatic nitrogens is 8. The third-order valence-electron chi connectivity index (χ3n) is 8.05.